The van der Waals surface area contributed by atoms with Crippen molar-refractivity contribution in [2.75, 3.05) is 14.2 Å². The number of nitrogens with zero attached hydrogens (tertiary/aromatic N) is 1. The lowest BCUT2D eigenvalue weighted by Crippen LogP contribution is -2.44. The molecular weight excluding hydrogens is 421 g/mol. The van der Waals surface area contributed by atoms with Crippen LogP contribution in [0, 0.1) is 5.92 Å². The highest BCUT2D eigenvalue weighted by molar-refractivity contribution is 5.89. The monoisotopic (exact) mass is 444 g/mol. The second kappa shape index (κ2) is 9.27. The molecule has 0 saturated heterocycles. The van der Waals surface area contributed by atoms with Gasteiger partial charge in [0.15, 0.2) is 11.5 Å². The number of carbonyl (C=O) groups is 2. The second-order valence-corrected chi connectivity index (χ2v) is 7.29. The van der Waals surface area contributed by atoms with E-state index >= 15 is 0 Å². The van der Waals surface area contributed by atoms with E-state index in [9.17, 15) is 32.7 Å². The van der Waals surface area contributed by atoms with E-state index in [0.717, 1.165) is 10.6 Å². The Morgan fingerprint density at radius 2 is 1.71 bits per heavy atom. The third-order valence-corrected chi connectivity index (χ3v) is 4.56. The summed E-state index contributed by atoms with van der Waals surface area (Å²) in [7, 11) is 2.52. The molecule has 1 aromatic carbocycles. The molecule has 1 aromatic heterocycles. The smallest absolute Gasteiger partial charge is 0.417 e. The number of amides is 1. The number of pyridine rings is 1. The van der Waals surface area contributed by atoms with Crippen LogP contribution in [0.3, 0.4) is 0 Å². The van der Waals surface area contributed by atoms with Gasteiger partial charge in [-0.1, -0.05) is 13.8 Å². The summed E-state index contributed by atoms with van der Waals surface area (Å²) in [5.74, 6) is -2.04. The average Bonchev–Trinajstić information content (AvgIpc) is 2.67. The van der Waals surface area contributed by atoms with Gasteiger partial charge in [0.2, 0.25) is 5.91 Å². The van der Waals surface area contributed by atoms with Gasteiger partial charge in [0, 0.05) is 17.5 Å². The molecule has 2 rings (SSSR count). The first-order chi connectivity index (χ1) is 14.4. The molecule has 31 heavy (non-hydrogen) atoms. The van der Waals surface area contributed by atoms with Crippen LogP contribution in [0.4, 0.5) is 13.2 Å². The Hall–Kier alpha value is -3.24. The molecule has 0 radical (unpaired) electrons. The van der Waals surface area contributed by atoms with Crippen LogP contribution in [0.15, 0.2) is 23.0 Å². The third-order valence-electron chi connectivity index (χ3n) is 4.56. The van der Waals surface area contributed by atoms with Gasteiger partial charge in [-0.3, -0.25) is 14.2 Å². The number of halogens is 3. The normalized spacial score (nSPS) is 12.6. The predicted molar refractivity (Wildman–Crippen MR) is 105 cm³/mol. The number of nitrogens with one attached hydrogen (secondary N) is 1. The number of aromatic nitrogens is 1. The summed E-state index contributed by atoms with van der Waals surface area (Å²) in [5, 5.41) is 11.2. The van der Waals surface area contributed by atoms with Crippen molar-refractivity contribution >= 4 is 22.8 Å². The fourth-order valence-corrected chi connectivity index (χ4v) is 3.18. The third kappa shape index (κ3) is 5.47. The van der Waals surface area contributed by atoms with E-state index in [4.69, 9.17) is 9.47 Å². The number of hydrogen-bond donors (Lipinski definition) is 2. The molecule has 0 fully saturated rings. The highest BCUT2D eigenvalue weighted by atomic mass is 19.4. The SMILES string of the molecule is COc1cc2c(C(F)(F)F)cc(=O)n(CC(=O)NC(CC(C)C)C(=O)O)c2cc1OC. The number of benzene rings is 1. The highest BCUT2D eigenvalue weighted by Crippen LogP contribution is 2.38. The van der Waals surface area contributed by atoms with Crippen LogP contribution in [0.2, 0.25) is 0 Å². The lowest BCUT2D eigenvalue weighted by Gasteiger charge is -2.19. The number of hydrogen-bond acceptors (Lipinski definition) is 5. The van der Waals surface area contributed by atoms with Crippen LogP contribution in [-0.4, -0.2) is 41.8 Å². The molecule has 1 unspecified atom stereocenters. The Morgan fingerprint density at radius 1 is 1.13 bits per heavy atom. The maximum atomic E-state index is 13.5. The Bertz CT molecular complexity index is 1050. The highest BCUT2D eigenvalue weighted by Gasteiger charge is 2.35. The first-order valence-electron chi connectivity index (χ1n) is 9.28. The molecule has 0 bridgehead atoms. The zero-order valence-electron chi connectivity index (χ0n) is 17.4. The fourth-order valence-electron chi connectivity index (χ4n) is 3.18. The fraction of sp³-hybridized carbons (Fsp3) is 0.450. The first-order valence-corrected chi connectivity index (χ1v) is 9.28. The summed E-state index contributed by atoms with van der Waals surface area (Å²) < 4.78 is 51.6. The van der Waals surface area contributed by atoms with Crippen LogP contribution < -0.4 is 20.3 Å². The van der Waals surface area contributed by atoms with E-state index in [0.29, 0.717) is 6.07 Å². The molecule has 1 heterocycles. The molecule has 11 heteroatoms. The lowest BCUT2D eigenvalue weighted by atomic mass is 10.0. The predicted octanol–water partition coefficient (Wildman–Crippen LogP) is 2.65. The molecule has 2 N–H and O–H groups in total. The number of rotatable bonds is 8. The topological polar surface area (TPSA) is 107 Å². The maximum absolute atomic E-state index is 13.5. The molecule has 0 aliphatic rings. The Balaban J connectivity index is 2.59. The summed E-state index contributed by atoms with van der Waals surface area (Å²) in [6.07, 6.45) is -4.68. The van der Waals surface area contributed by atoms with E-state index in [2.05, 4.69) is 5.32 Å². The van der Waals surface area contributed by atoms with Gasteiger partial charge in [-0.05, 0) is 18.4 Å². The number of carboxylic acids is 1. The van der Waals surface area contributed by atoms with Crippen molar-refractivity contribution in [2.24, 2.45) is 5.92 Å². The van der Waals surface area contributed by atoms with E-state index in [1.54, 1.807) is 13.8 Å². The van der Waals surface area contributed by atoms with Gasteiger partial charge in [0.25, 0.3) is 5.56 Å². The zero-order chi connectivity index (χ0) is 23.5. The number of fused-ring (bicyclic) bond motifs is 1. The second-order valence-electron chi connectivity index (χ2n) is 7.29. The van der Waals surface area contributed by atoms with E-state index < -0.39 is 41.8 Å². The molecule has 170 valence electrons. The minimum Gasteiger partial charge on any atom is -0.493 e. The standard InChI is InChI=1S/C20H23F3N2O6/c1-10(2)5-13(19(28)29)24-17(26)9-25-14-8-16(31-4)15(30-3)6-11(14)12(7-18(25)27)20(21,22)23/h6-8,10,13H,5,9H2,1-4H3,(H,24,26)(H,28,29). The molecule has 0 spiro atoms. The average molecular weight is 444 g/mol. The Kier molecular flexibility index (Phi) is 7.19. The van der Waals surface area contributed by atoms with Crippen molar-refractivity contribution in [1.29, 1.82) is 0 Å². The number of carbonyl (C=O) groups excluding carboxylic acids is 1. The minimum absolute atomic E-state index is 0.0121. The van der Waals surface area contributed by atoms with Crippen molar-refractivity contribution in [2.45, 2.75) is 39.0 Å². The molecule has 0 saturated carbocycles. The van der Waals surface area contributed by atoms with E-state index in [1.165, 1.54) is 20.3 Å². The van der Waals surface area contributed by atoms with Gasteiger partial charge in [0.05, 0.1) is 25.3 Å². The van der Waals surface area contributed by atoms with E-state index in [-0.39, 0.29) is 34.7 Å². The van der Waals surface area contributed by atoms with Gasteiger partial charge in [-0.25, -0.2) is 4.79 Å². The minimum atomic E-state index is -4.83. The Morgan fingerprint density at radius 3 is 2.19 bits per heavy atom. The zero-order valence-corrected chi connectivity index (χ0v) is 17.4. The molecule has 2 aromatic rings. The van der Waals surface area contributed by atoms with Crippen molar-refractivity contribution in [1.82, 2.24) is 9.88 Å². The van der Waals surface area contributed by atoms with Gasteiger partial charge < -0.3 is 19.9 Å². The van der Waals surface area contributed by atoms with Crippen LogP contribution in [0.1, 0.15) is 25.8 Å². The van der Waals surface area contributed by atoms with Crippen LogP contribution in [-0.2, 0) is 22.3 Å². The van der Waals surface area contributed by atoms with Gasteiger partial charge in [0.1, 0.15) is 12.6 Å². The Labute approximate surface area is 175 Å². The van der Waals surface area contributed by atoms with Crippen LogP contribution >= 0.6 is 0 Å². The van der Waals surface area contributed by atoms with Crippen molar-refractivity contribution in [3.63, 3.8) is 0 Å². The summed E-state index contributed by atoms with van der Waals surface area (Å²) in [4.78, 5) is 36.3. The van der Waals surface area contributed by atoms with Crippen LogP contribution in [0.25, 0.3) is 10.9 Å². The number of carboxylic acid groups (broad SMARTS) is 1. The maximum Gasteiger partial charge on any atom is 0.417 e. The number of methoxy groups -OCH3 is 2. The number of aliphatic carboxylic acids is 1. The first kappa shape index (κ1) is 24.0. The van der Waals surface area contributed by atoms with Gasteiger partial charge in [-0.15, -0.1) is 0 Å². The van der Waals surface area contributed by atoms with Gasteiger partial charge >= 0.3 is 12.1 Å². The molecule has 0 aliphatic heterocycles. The van der Waals surface area contributed by atoms with Crippen molar-refractivity contribution in [3.05, 3.63) is 34.1 Å². The number of ether oxygens (including phenoxy) is 2. The molecule has 1 atom stereocenters. The quantitative estimate of drug-likeness (QED) is 0.648. The lowest BCUT2D eigenvalue weighted by molar-refractivity contribution is -0.142. The molecular formula is C20H23F3N2O6. The summed E-state index contributed by atoms with van der Waals surface area (Å²) in [6, 6.07) is 1.44. The largest absolute Gasteiger partial charge is 0.493 e. The summed E-state index contributed by atoms with van der Waals surface area (Å²) >= 11 is 0. The molecule has 1 amide bonds. The van der Waals surface area contributed by atoms with Crippen molar-refractivity contribution in [3.8, 4) is 11.5 Å². The molecule has 0 aliphatic carbocycles. The van der Waals surface area contributed by atoms with Crippen molar-refractivity contribution < 1.29 is 37.3 Å². The van der Waals surface area contributed by atoms with Crippen LogP contribution in [0.5, 0.6) is 11.5 Å². The summed E-state index contributed by atoms with van der Waals surface area (Å²) in [5.41, 5.74) is -2.46. The molecule has 8 nitrogen and oxygen atoms in total. The van der Waals surface area contributed by atoms with E-state index in [1.807, 2.05) is 0 Å². The summed E-state index contributed by atoms with van der Waals surface area (Å²) in [6.45, 7) is 2.87. The number of alkyl halides is 3. The van der Waals surface area contributed by atoms with Gasteiger partial charge in [-0.2, -0.15) is 13.2 Å².